The molecule has 0 radical (unpaired) electrons. The number of rotatable bonds is 12. The molecule has 0 fully saturated rings. The van der Waals surface area contributed by atoms with E-state index in [1.807, 2.05) is 84.9 Å². The van der Waals surface area contributed by atoms with Crippen LogP contribution in [0.3, 0.4) is 0 Å². The third-order valence-corrected chi connectivity index (χ3v) is 7.47. The second-order valence-electron chi connectivity index (χ2n) is 8.16. The van der Waals surface area contributed by atoms with Gasteiger partial charge in [0.15, 0.2) is 0 Å². The quantitative estimate of drug-likeness (QED) is 0.246. The van der Waals surface area contributed by atoms with E-state index in [0.29, 0.717) is 29.0 Å². The number of aromatic nitrogens is 2. The van der Waals surface area contributed by atoms with E-state index in [9.17, 15) is 9.59 Å². The molecule has 0 aliphatic carbocycles. The van der Waals surface area contributed by atoms with E-state index < -0.39 is 0 Å². The first kappa shape index (κ1) is 26.4. The van der Waals surface area contributed by atoms with Crippen LogP contribution in [0.2, 0.25) is 0 Å². The summed E-state index contributed by atoms with van der Waals surface area (Å²) in [7, 11) is 1.62. The number of carbonyl (C=O) groups is 2. The van der Waals surface area contributed by atoms with Crippen molar-refractivity contribution in [3.05, 3.63) is 90.5 Å². The summed E-state index contributed by atoms with van der Waals surface area (Å²) in [5.41, 5.74) is 2.05. The number of methoxy groups -OCH3 is 1. The van der Waals surface area contributed by atoms with Gasteiger partial charge in [-0.1, -0.05) is 59.9 Å². The highest BCUT2D eigenvalue weighted by atomic mass is 32.2. The van der Waals surface area contributed by atoms with Crippen LogP contribution >= 0.6 is 23.1 Å². The van der Waals surface area contributed by atoms with E-state index in [-0.39, 0.29) is 18.2 Å². The minimum atomic E-state index is -0.203. The van der Waals surface area contributed by atoms with E-state index in [1.165, 1.54) is 23.1 Å². The van der Waals surface area contributed by atoms with Crippen molar-refractivity contribution in [3.8, 4) is 16.3 Å². The summed E-state index contributed by atoms with van der Waals surface area (Å²) in [6.45, 7) is 0.878. The Bertz CT molecular complexity index is 1280. The fourth-order valence-electron chi connectivity index (χ4n) is 3.57. The second kappa shape index (κ2) is 13.6. The number of amides is 2. The number of nitrogens with one attached hydrogen (secondary N) is 1. The van der Waals surface area contributed by atoms with Crippen LogP contribution in [0.1, 0.15) is 12.0 Å². The lowest BCUT2D eigenvalue weighted by atomic mass is 10.1. The van der Waals surface area contributed by atoms with Gasteiger partial charge in [-0.3, -0.25) is 9.59 Å². The van der Waals surface area contributed by atoms with Gasteiger partial charge in [0.05, 0.1) is 12.9 Å². The lowest BCUT2D eigenvalue weighted by Crippen LogP contribution is -2.36. The average Bonchev–Trinajstić information content (AvgIpc) is 3.41. The Morgan fingerprint density at radius 1 is 0.919 bits per heavy atom. The van der Waals surface area contributed by atoms with Gasteiger partial charge in [0.1, 0.15) is 10.8 Å². The molecule has 1 N–H and O–H groups in total. The molecular weight excluding hydrogens is 504 g/mol. The van der Waals surface area contributed by atoms with Gasteiger partial charge in [-0.15, -0.1) is 22.0 Å². The zero-order valence-electron chi connectivity index (χ0n) is 20.5. The lowest BCUT2D eigenvalue weighted by molar-refractivity contribution is -0.128. The van der Waals surface area contributed by atoms with E-state index >= 15 is 0 Å². The summed E-state index contributed by atoms with van der Waals surface area (Å²) in [5, 5.41) is 12.2. The predicted octanol–water partition coefficient (Wildman–Crippen LogP) is 5.41. The molecule has 37 heavy (non-hydrogen) atoms. The third kappa shape index (κ3) is 8.16. The molecule has 0 bridgehead atoms. The number of anilines is 1. The van der Waals surface area contributed by atoms with Gasteiger partial charge in [0.25, 0.3) is 0 Å². The smallest absolute Gasteiger partial charge is 0.232 e. The van der Waals surface area contributed by atoms with Gasteiger partial charge in [0, 0.05) is 30.0 Å². The molecule has 4 rings (SSSR count). The molecule has 0 aliphatic rings. The molecule has 9 heteroatoms. The minimum Gasteiger partial charge on any atom is -0.497 e. The molecule has 0 atom stereocenters. The van der Waals surface area contributed by atoms with Crippen molar-refractivity contribution in [2.45, 2.75) is 17.7 Å². The van der Waals surface area contributed by atoms with Gasteiger partial charge in [-0.25, -0.2) is 0 Å². The Labute approximate surface area is 224 Å². The van der Waals surface area contributed by atoms with Crippen LogP contribution in [0, 0.1) is 0 Å². The zero-order chi connectivity index (χ0) is 25.9. The predicted molar refractivity (Wildman–Crippen MR) is 149 cm³/mol. The topological polar surface area (TPSA) is 84.4 Å². The first-order valence-corrected chi connectivity index (χ1v) is 13.7. The number of thioether (sulfide) groups is 1. The maximum atomic E-state index is 13.1. The number of hydrogen-bond donors (Lipinski definition) is 1. The van der Waals surface area contributed by atoms with Gasteiger partial charge < -0.3 is 15.0 Å². The maximum Gasteiger partial charge on any atom is 0.232 e. The normalized spacial score (nSPS) is 10.6. The van der Waals surface area contributed by atoms with Crippen molar-refractivity contribution >= 4 is 40.0 Å². The molecule has 0 unspecified atom stereocenters. The highest BCUT2D eigenvalue weighted by molar-refractivity contribution is 8.00. The van der Waals surface area contributed by atoms with Gasteiger partial charge in [-0.05, 0) is 48.4 Å². The van der Waals surface area contributed by atoms with E-state index in [1.54, 1.807) is 12.0 Å². The average molecular weight is 533 g/mol. The van der Waals surface area contributed by atoms with Gasteiger partial charge in [0.2, 0.25) is 16.9 Å². The Hall–Kier alpha value is -3.69. The van der Waals surface area contributed by atoms with Crippen LogP contribution in [0.15, 0.2) is 89.8 Å². The van der Waals surface area contributed by atoms with Crippen molar-refractivity contribution in [1.29, 1.82) is 0 Å². The highest BCUT2D eigenvalue weighted by Gasteiger charge is 2.17. The van der Waals surface area contributed by atoms with Crippen molar-refractivity contribution < 1.29 is 14.3 Å². The first-order chi connectivity index (χ1) is 18.1. The monoisotopic (exact) mass is 532 g/mol. The summed E-state index contributed by atoms with van der Waals surface area (Å²) >= 11 is 2.80. The SMILES string of the molecule is COc1ccc(-c2nnc(NC(=O)CCN(CCc3ccccc3)C(=O)CSc3ccccc3)s2)cc1. The molecule has 4 aromatic rings. The number of ether oxygens (including phenoxy) is 1. The minimum absolute atomic E-state index is 0.00953. The fourth-order valence-corrected chi connectivity index (χ4v) is 5.15. The Balaban J connectivity index is 1.33. The molecule has 0 saturated heterocycles. The molecule has 1 aromatic heterocycles. The summed E-state index contributed by atoms with van der Waals surface area (Å²) in [5.74, 6) is 0.887. The molecular formula is C28H28N4O3S2. The molecule has 1 heterocycles. The Morgan fingerprint density at radius 3 is 2.32 bits per heavy atom. The Kier molecular flexibility index (Phi) is 9.67. The van der Waals surface area contributed by atoms with Gasteiger partial charge >= 0.3 is 0 Å². The summed E-state index contributed by atoms with van der Waals surface area (Å²) in [6.07, 6.45) is 0.903. The molecule has 7 nitrogen and oxygen atoms in total. The molecule has 0 aliphatic heterocycles. The standard InChI is InChI=1S/C28H28N4O3S2/c1-35-23-14-12-22(13-15-23)27-30-31-28(37-27)29-25(33)17-19-32(18-16-21-8-4-2-5-9-21)26(34)20-36-24-10-6-3-7-11-24/h2-15H,16-20H2,1H3,(H,29,31,33). The zero-order valence-corrected chi connectivity index (χ0v) is 22.1. The van der Waals surface area contributed by atoms with E-state index in [4.69, 9.17) is 4.74 Å². The van der Waals surface area contributed by atoms with E-state index in [2.05, 4.69) is 15.5 Å². The van der Waals surface area contributed by atoms with Crippen molar-refractivity contribution in [3.63, 3.8) is 0 Å². The van der Waals surface area contributed by atoms with Crippen LogP contribution in [0.5, 0.6) is 5.75 Å². The molecule has 0 saturated carbocycles. The van der Waals surface area contributed by atoms with Crippen molar-refractivity contribution in [1.82, 2.24) is 15.1 Å². The first-order valence-electron chi connectivity index (χ1n) is 11.9. The number of carbonyl (C=O) groups excluding carboxylic acids is 2. The van der Waals surface area contributed by atoms with Crippen molar-refractivity contribution in [2.75, 3.05) is 31.3 Å². The molecule has 2 amide bonds. The molecule has 190 valence electrons. The molecule has 3 aromatic carbocycles. The number of benzene rings is 3. The number of hydrogen-bond acceptors (Lipinski definition) is 7. The maximum absolute atomic E-state index is 13.1. The van der Waals surface area contributed by atoms with Crippen LogP contribution in [-0.2, 0) is 16.0 Å². The highest BCUT2D eigenvalue weighted by Crippen LogP contribution is 2.27. The summed E-state index contributed by atoms with van der Waals surface area (Å²) < 4.78 is 5.19. The van der Waals surface area contributed by atoms with E-state index in [0.717, 1.165) is 28.2 Å². The Morgan fingerprint density at radius 2 is 1.62 bits per heavy atom. The third-order valence-electron chi connectivity index (χ3n) is 5.59. The molecule has 0 spiro atoms. The fraction of sp³-hybridized carbons (Fsp3) is 0.214. The van der Waals surface area contributed by atoms with Crippen LogP contribution in [0.25, 0.3) is 10.6 Å². The van der Waals surface area contributed by atoms with Crippen LogP contribution < -0.4 is 10.1 Å². The number of nitrogens with zero attached hydrogens (tertiary/aromatic N) is 3. The van der Waals surface area contributed by atoms with Crippen LogP contribution in [-0.4, -0.2) is 52.9 Å². The van der Waals surface area contributed by atoms with Crippen LogP contribution in [0.4, 0.5) is 5.13 Å². The summed E-state index contributed by atoms with van der Waals surface area (Å²) in [6, 6.07) is 27.4. The summed E-state index contributed by atoms with van der Waals surface area (Å²) in [4.78, 5) is 28.6. The lowest BCUT2D eigenvalue weighted by Gasteiger charge is -2.22. The van der Waals surface area contributed by atoms with Gasteiger partial charge in [-0.2, -0.15) is 0 Å². The second-order valence-corrected chi connectivity index (χ2v) is 10.2. The van der Waals surface area contributed by atoms with Crippen molar-refractivity contribution in [2.24, 2.45) is 0 Å². The largest absolute Gasteiger partial charge is 0.497 e.